The Morgan fingerprint density at radius 1 is 1.70 bits per heavy atom. The molecule has 0 radical (unpaired) electrons. The van der Waals surface area contributed by atoms with Gasteiger partial charge in [-0.05, 0) is 28.7 Å². The third-order valence-corrected chi connectivity index (χ3v) is 1.91. The van der Waals surface area contributed by atoms with Gasteiger partial charge in [0.15, 0.2) is 11.6 Å². The monoisotopic (exact) mass is 252 g/mol. The van der Waals surface area contributed by atoms with Gasteiger partial charge < -0.3 is 5.32 Å². The molecule has 1 rings (SSSR count). The number of aromatic nitrogens is 1. The lowest BCUT2D eigenvalue weighted by Crippen LogP contribution is -1.97. The van der Waals surface area contributed by atoms with Gasteiger partial charge in [-0.25, -0.2) is 9.37 Å². The Kier molecular flexibility index (Phi) is 2.42. The minimum atomic E-state index is -0.286. The summed E-state index contributed by atoms with van der Waals surface area (Å²) < 4.78 is 13.4. The fourth-order valence-electron chi connectivity index (χ4n) is 0.594. The molecule has 0 spiro atoms. The molecule has 10 heavy (non-hydrogen) atoms. The molecule has 0 saturated heterocycles. The number of pyridine rings is 1. The van der Waals surface area contributed by atoms with E-state index < -0.39 is 0 Å². The summed E-state index contributed by atoms with van der Waals surface area (Å²) in [4.78, 5) is 3.77. The number of nitrogens with zero attached hydrogens (tertiary/aromatic N) is 1. The summed E-state index contributed by atoms with van der Waals surface area (Å²) >= 11 is 1.92. The molecule has 0 amide bonds. The van der Waals surface area contributed by atoms with E-state index in [1.54, 1.807) is 19.3 Å². The van der Waals surface area contributed by atoms with E-state index >= 15 is 0 Å². The van der Waals surface area contributed by atoms with E-state index in [9.17, 15) is 4.39 Å². The molecular weight excluding hydrogens is 246 g/mol. The lowest BCUT2D eigenvalue weighted by molar-refractivity contribution is 0.618. The van der Waals surface area contributed by atoms with Gasteiger partial charge in [-0.15, -0.1) is 0 Å². The minimum Gasteiger partial charge on any atom is -0.371 e. The lowest BCUT2D eigenvalue weighted by Gasteiger charge is -2.00. The molecule has 4 heteroatoms. The average Bonchev–Trinajstić information content (AvgIpc) is 1.95. The van der Waals surface area contributed by atoms with Crippen LogP contribution in [0.15, 0.2) is 12.3 Å². The Labute approximate surface area is 72.0 Å². The summed E-state index contributed by atoms with van der Waals surface area (Å²) in [6.45, 7) is 0. The van der Waals surface area contributed by atoms with Crippen LogP contribution >= 0.6 is 22.6 Å². The fraction of sp³-hybridized carbons (Fsp3) is 0.167. The van der Waals surface area contributed by atoms with Gasteiger partial charge in [0.2, 0.25) is 0 Å². The molecule has 0 atom stereocenters. The minimum absolute atomic E-state index is 0.286. The summed E-state index contributed by atoms with van der Waals surface area (Å²) in [6, 6.07) is 1.62. The zero-order valence-corrected chi connectivity index (χ0v) is 7.52. The van der Waals surface area contributed by atoms with Gasteiger partial charge in [0.05, 0.1) is 3.57 Å². The van der Waals surface area contributed by atoms with Gasteiger partial charge >= 0.3 is 0 Å². The van der Waals surface area contributed by atoms with E-state index in [2.05, 4.69) is 10.3 Å². The Hall–Kier alpha value is -0.390. The van der Waals surface area contributed by atoms with Crippen LogP contribution in [0.1, 0.15) is 0 Å². The quantitative estimate of drug-likeness (QED) is 0.771. The van der Waals surface area contributed by atoms with Crippen LogP contribution in [0.3, 0.4) is 0 Å². The third kappa shape index (κ3) is 1.36. The molecule has 0 aromatic carbocycles. The van der Waals surface area contributed by atoms with Crippen LogP contribution in [0.5, 0.6) is 0 Å². The summed E-state index contributed by atoms with van der Waals surface area (Å²) in [6.07, 6.45) is 1.57. The van der Waals surface area contributed by atoms with E-state index in [-0.39, 0.29) is 5.82 Å². The molecular formula is C6H6FIN2. The highest BCUT2D eigenvalue weighted by Gasteiger charge is 2.03. The first kappa shape index (κ1) is 7.71. The molecule has 1 aromatic rings. The van der Waals surface area contributed by atoms with Crippen molar-refractivity contribution in [3.8, 4) is 0 Å². The SMILES string of the molecule is CNc1nccc(I)c1F. The Morgan fingerprint density at radius 2 is 2.40 bits per heavy atom. The van der Waals surface area contributed by atoms with Crippen LogP contribution in [-0.2, 0) is 0 Å². The van der Waals surface area contributed by atoms with Crippen molar-refractivity contribution in [2.75, 3.05) is 12.4 Å². The van der Waals surface area contributed by atoms with Crippen LogP contribution in [0.2, 0.25) is 0 Å². The van der Waals surface area contributed by atoms with Gasteiger partial charge in [0.25, 0.3) is 0 Å². The number of hydrogen-bond donors (Lipinski definition) is 1. The van der Waals surface area contributed by atoms with E-state index in [4.69, 9.17) is 0 Å². The predicted octanol–water partition coefficient (Wildman–Crippen LogP) is 1.87. The first-order valence-electron chi connectivity index (χ1n) is 2.73. The number of hydrogen-bond acceptors (Lipinski definition) is 2. The van der Waals surface area contributed by atoms with Crippen LogP contribution < -0.4 is 5.32 Å². The first-order valence-corrected chi connectivity index (χ1v) is 3.81. The van der Waals surface area contributed by atoms with Gasteiger partial charge in [0.1, 0.15) is 0 Å². The maximum Gasteiger partial charge on any atom is 0.178 e. The third-order valence-electron chi connectivity index (χ3n) is 1.08. The van der Waals surface area contributed by atoms with Crippen molar-refractivity contribution in [1.29, 1.82) is 0 Å². The first-order chi connectivity index (χ1) is 4.75. The van der Waals surface area contributed by atoms with Crippen LogP contribution in [0, 0.1) is 9.39 Å². The van der Waals surface area contributed by atoms with Crippen molar-refractivity contribution in [3.05, 3.63) is 21.7 Å². The smallest absolute Gasteiger partial charge is 0.178 e. The highest BCUT2D eigenvalue weighted by molar-refractivity contribution is 14.1. The van der Waals surface area contributed by atoms with Crippen molar-refractivity contribution < 1.29 is 4.39 Å². The van der Waals surface area contributed by atoms with Crippen molar-refractivity contribution in [1.82, 2.24) is 4.98 Å². The molecule has 2 nitrogen and oxygen atoms in total. The molecule has 0 saturated carbocycles. The molecule has 0 bridgehead atoms. The van der Waals surface area contributed by atoms with Gasteiger partial charge in [0, 0.05) is 13.2 Å². The molecule has 54 valence electrons. The Bertz CT molecular complexity index is 239. The van der Waals surface area contributed by atoms with Crippen LogP contribution in [0.4, 0.5) is 10.2 Å². The normalized spacial score (nSPS) is 9.50. The molecule has 1 N–H and O–H groups in total. The standard InChI is InChI=1S/C6H6FIN2/c1-9-6-5(7)4(8)2-3-10-6/h2-3H,1H3,(H,9,10). The van der Waals surface area contributed by atoms with Gasteiger partial charge in [-0.1, -0.05) is 0 Å². The second-order valence-electron chi connectivity index (χ2n) is 1.71. The lowest BCUT2D eigenvalue weighted by atomic mass is 10.4. The molecule has 0 aliphatic heterocycles. The van der Waals surface area contributed by atoms with Gasteiger partial charge in [-0.3, -0.25) is 0 Å². The maximum atomic E-state index is 12.9. The van der Waals surface area contributed by atoms with Crippen molar-refractivity contribution in [3.63, 3.8) is 0 Å². The molecule has 0 aliphatic rings. The zero-order chi connectivity index (χ0) is 7.56. The molecule has 0 fully saturated rings. The summed E-state index contributed by atoms with van der Waals surface area (Å²) in [5.41, 5.74) is 0. The number of nitrogens with one attached hydrogen (secondary N) is 1. The zero-order valence-electron chi connectivity index (χ0n) is 5.36. The number of rotatable bonds is 1. The highest BCUT2D eigenvalue weighted by Crippen LogP contribution is 2.15. The largest absolute Gasteiger partial charge is 0.371 e. The summed E-state index contributed by atoms with van der Waals surface area (Å²) in [5.74, 6) is 0.0116. The maximum absolute atomic E-state index is 12.9. The highest BCUT2D eigenvalue weighted by atomic mass is 127. The molecule has 0 aliphatic carbocycles. The van der Waals surface area contributed by atoms with E-state index in [0.29, 0.717) is 9.39 Å². The summed E-state index contributed by atoms with van der Waals surface area (Å²) in [5, 5.41) is 2.65. The number of anilines is 1. The Morgan fingerprint density at radius 3 is 2.90 bits per heavy atom. The Balaban J connectivity index is 3.14. The van der Waals surface area contributed by atoms with Crippen LogP contribution in [0.25, 0.3) is 0 Å². The van der Waals surface area contributed by atoms with Crippen LogP contribution in [-0.4, -0.2) is 12.0 Å². The van der Waals surface area contributed by atoms with Gasteiger partial charge in [-0.2, -0.15) is 0 Å². The van der Waals surface area contributed by atoms with Crippen molar-refractivity contribution >= 4 is 28.4 Å². The van der Waals surface area contributed by atoms with Crippen molar-refractivity contribution in [2.45, 2.75) is 0 Å². The predicted molar refractivity (Wildman–Crippen MR) is 46.5 cm³/mol. The topological polar surface area (TPSA) is 24.9 Å². The average molecular weight is 252 g/mol. The van der Waals surface area contributed by atoms with E-state index in [0.717, 1.165) is 0 Å². The van der Waals surface area contributed by atoms with E-state index in [1.807, 2.05) is 22.6 Å². The summed E-state index contributed by atoms with van der Waals surface area (Å²) in [7, 11) is 1.64. The fourth-order valence-corrected chi connectivity index (χ4v) is 1.01. The number of halogens is 2. The molecule has 1 heterocycles. The molecule has 1 aromatic heterocycles. The molecule has 0 unspecified atom stereocenters. The van der Waals surface area contributed by atoms with E-state index in [1.165, 1.54) is 0 Å². The second-order valence-corrected chi connectivity index (χ2v) is 2.87. The van der Waals surface area contributed by atoms with Crippen molar-refractivity contribution in [2.24, 2.45) is 0 Å². The second kappa shape index (κ2) is 3.14.